The van der Waals surface area contributed by atoms with E-state index >= 15 is 0 Å². The van der Waals surface area contributed by atoms with Crippen LogP contribution in [0.25, 0.3) is 0 Å². The van der Waals surface area contributed by atoms with Gasteiger partial charge in [0.25, 0.3) is 0 Å². The van der Waals surface area contributed by atoms with Gasteiger partial charge in [0.1, 0.15) is 5.03 Å². The molecule has 0 aromatic carbocycles. The van der Waals surface area contributed by atoms with Gasteiger partial charge in [-0.3, -0.25) is 0 Å². The molecule has 0 saturated carbocycles. The number of carbonyl (C=O) groups is 1. The number of nitrogens with zero attached hydrogens (tertiary/aromatic N) is 1. The zero-order valence-electron chi connectivity index (χ0n) is 7.58. The van der Waals surface area contributed by atoms with Crippen molar-refractivity contribution in [2.24, 2.45) is 0 Å². The van der Waals surface area contributed by atoms with Crippen LogP contribution in [-0.2, 0) is 0 Å². The topological polar surface area (TPSA) is 50.2 Å². The average molecular weight is 237 g/mol. The summed E-state index contributed by atoms with van der Waals surface area (Å²) < 4.78 is 1.10. The highest BCUT2D eigenvalue weighted by Gasteiger charge is 2.05. The molecule has 0 bridgehead atoms. The Morgan fingerprint density at radius 1 is 1.47 bits per heavy atom. The number of aromatic carboxylic acids is 1. The number of rotatable bonds is 3. The molecule has 3 nitrogen and oxygen atoms in total. The van der Waals surface area contributed by atoms with E-state index in [1.807, 2.05) is 17.5 Å². The minimum atomic E-state index is -0.926. The van der Waals surface area contributed by atoms with Gasteiger partial charge < -0.3 is 5.11 Å². The summed E-state index contributed by atoms with van der Waals surface area (Å²) in [6.45, 7) is 0. The lowest BCUT2D eigenvalue weighted by atomic mass is 10.3. The van der Waals surface area contributed by atoms with Gasteiger partial charge in [-0.2, -0.15) is 0 Å². The molecule has 2 aromatic rings. The Morgan fingerprint density at radius 3 is 3.00 bits per heavy atom. The fraction of sp³-hybridized carbons (Fsp3) is 0. The maximum absolute atomic E-state index is 10.7. The lowest BCUT2D eigenvalue weighted by Crippen LogP contribution is -1.96. The van der Waals surface area contributed by atoms with Crippen LogP contribution in [0.1, 0.15) is 10.4 Å². The molecule has 0 amide bonds. The van der Waals surface area contributed by atoms with Crippen molar-refractivity contribution >= 4 is 29.1 Å². The van der Waals surface area contributed by atoms with Crippen molar-refractivity contribution in [3.05, 3.63) is 41.4 Å². The van der Waals surface area contributed by atoms with Gasteiger partial charge in [0.05, 0.1) is 9.77 Å². The molecule has 0 aliphatic heterocycles. The second-order valence-corrected chi connectivity index (χ2v) is 4.99. The summed E-state index contributed by atoms with van der Waals surface area (Å²) in [6, 6.07) is 6.99. The summed E-state index contributed by atoms with van der Waals surface area (Å²) >= 11 is 3.08. The molecule has 0 atom stereocenters. The van der Waals surface area contributed by atoms with Crippen molar-refractivity contribution in [2.75, 3.05) is 0 Å². The van der Waals surface area contributed by atoms with Gasteiger partial charge in [-0.05, 0) is 23.6 Å². The highest BCUT2D eigenvalue weighted by Crippen LogP contribution is 2.29. The SMILES string of the molecule is O=C(O)c1ccnc(Sc2cccs2)c1. The zero-order valence-corrected chi connectivity index (χ0v) is 9.22. The van der Waals surface area contributed by atoms with Crippen molar-refractivity contribution in [1.29, 1.82) is 0 Å². The second kappa shape index (κ2) is 4.46. The van der Waals surface area contributed by atoms with Crippen LogP contribution in [0.5, 0.6) is 0 Å². The van der Waals surface area contributed by atoms with Crippen molar-refractivity contribution < 1.29 is 9.90 Å². The summed E-state index contributed by atoms with van der Waals surface area (Å²) in [4.78, 5) is 14.8. The Morgan fingerprint density at radius 2 is 2.33 bits per heavy atom. The summed E-state index contributed by atoms with van der Waals surface area (Å²) in [6.07, 6.45) is 1.51. The van der Waals surface area contributed by atoms with E-state index in [2.05, 4.69) is 4.98 Å². The van der Waals surface area contributed by atoms with Gasteiger partial charge in [-0.15, -0.1) is 11.3 Å². The smallest absolute Gasteiger partial charge is 0.335 e. The fourth-order valence-electron chi connectivity index (χ4n) is 1.02. The Labute approximate surface area is 94.8 Å². The third kappa shape index (κ3) is 2.57. The van der Waals surface area contributed by atoms with Gasteiger partial charge in [-0.25, -0.2) is 9.78 Å². The minimum absolute atomic E-state index is 0.268. The first-order valence-electron chi connectivity index (χ1n) is 4.16. The van der Waals surface area contributed by atoms with Crippen LogP contribution in [0.4, 0.5) is 0 Å². The predicted octanol–water partition coefficient (Wildman–Crippen LogP) is 2.99. The van der Waals surface area contributed by atoms with E-state index in [4.69, 9.17) is 5.11 Å². The number of aromatic nitrogens is 1. The first-order chi connectivity index (χ1) is 7.25. The number of hydrogen-bond donors (Lipinski definition) is 1. The van der Waals surface area contributed by atoms with Gasteiger partial charge in [0.15, 0.2) is 0 Å². The maximum atomic E-state index is 10.7. The quantitative estimate of drug-likeness (QED) is 0.891. The number of pyridine rings is 1. The van der Waals surface area contributed by atoms with Gasteiger partial charge >= 0.3 is 5.97 Å². The molecule has 2 rings (SSSR count). The molecule has 2 aromatic heterocycles. The first kappa shape index (κ1) is 10.2. The van der Waals surface area contributed by atoms with Gasteiger partial charge in [-0.1, -0.05) is 17.8 Å². The molecule has 0 saturated heterocycles. The van der Waals surface area contributed by atoms with E-state index in [1.54, 1.807) is 17.4 Å². The maximum Gasteiger partial charge on any atom is 0.335 e. The molecule has 0 aliphatic carbocycles. The largest absolute Gasteiger partial charge is 0.478 e. The third-order valence-corrected chi connectivity index (χ3v) is 3.65. The lowest BCUT2D eigenvalue weighted by molar-refractivity contribution is 0.0696. The van der Waals surface area contributed by atoms with Crippen LogP contribution < -0.4 is 0 Å². The van der Waals surface area contributed by atoms with E-state index < -0.39 is 5.97 Å². The monoisotopic (exact) mass is 237 g/mol. The molecule has 0 spiro atoms. The second-order valence-electron chi connectivity index (χ2n) is 2.72. The van der Waals surface area contributed by atoms with Crippen LogP contribution in [-0.4, -0.2) is 16.1 Å². The third-order valence-electron chi connectivity index (χ3n) is 1.68. The van der Waals surface area contributed by atoms with Crippen LogP contribution in [0, 0.1) is 0 Å². The molecule has 5 heteroatoms. The average Bonchev–Trinajstić information content (AvgIpc) is 2.71. The van der Waals surface area contributed by atoms with E-state index in [0.29, 0.717) is 5.03 Å². The predicted molar refractivity (Wildman–Crippen MR) is 59.6 cm³/mol. The minimum Gasteiger partial charge on any atom is -0.478 e. The highest BCUT2D eigenvalue weighted by molar-refractivity contribution is 8.01. The molecule has 76 valence electrons. The number of thiophene rings is 1. The Bertz CT molecular complexity index is 468. The van der Waals surface area contributed by atoms with E-state index in [0.717, 1.165) is 4.21 Å². The Balaban J connectivity index is 2.22. The molecule has 2 heterocycles. The molecule has 0 unspecified atom stereocenters. The summed E-state index contributed by atoms with van der Waals surface area (Å²) in [7, 11) is 0. The summed E-state index contributed by atoms with van der Waals surface area (Å²) in [5, 5.41) is 11.5. The Kier molecular flexibility index (Phi) is 3.03. The van der Waals surface area contributed by atoms with Crippen molar-refractivity contribution in [2.45, 2.75) is 9.24 Å². The first-order valence-corrected chi connectivity index (χ1v) is 5.86. The summed E-state index contributed by atoms with van der Waals surface area (Å²) in [5.74, 6) is -0.926. The van der Waals surface area contributed by atoms with Gasteiger partial charge in [0.2, 0.25) is 0 Å². The number of carboxylic acids is 1. The lowest BCUT2D eigenvalue weighted by Gasteiger charge is -1.98. The van der Waals surface area contributed by atoms with Crippen molar-refractivity contribution in [1.82, 2.24) is 4.98 Å². The Hall–Kier alpha value is -1.33. The van der Waals surface area contributed by atoms with Crippen molar-refractivity contribution in [3.63, 3.8) is 0 Å². The molecule has 0 fully saturated rings. The number of carboxylic acid groups (broad SMARTS) is 1. The highest BCUT2D eigenvalue weighted by atomic mass is 32.2. The van der Waals surface area contributed by atoms with E-state index in [-0.39, 0.29) is 5.56 Å². The molecular formula is C10H7NO2S2. The van der Waals surface area contributed by atoms with Crippen LogP contribution in [0.3, 0.4) is 0 Å². The summed E-state index contributed by atoms with van der Waals surface area (Å²) in [5.41, 5.74) is 0.268. The fourth-order valence-corrected chi connectivity index (χ4v) is 2.74. The molecule has 1 N–H and O–H groups in total. The molecule has 15 heavy (non-hydrogen) atoms. The van der Waals surface area contributed by atoms with Crippen LogP contribution in [0.2, 0.25) is 0 Å². The van der Waals surface area contributed by atoms with Crippen molar-refractivity contribution in [3.8, 4) is 0 Å². The van der Waals surface area contributed by atoms with Crippen LogP contribution >= 0.6 is 23.1 Å². The molecular weight excluding hydrogens is 230 g/mol. The standard InChI is InChI=1S/C10H7NO2S2/c12-10(13)7-3-4-11-8(6-7)15-9-2-1-5-14-9/h1-6H,(H,12,13). The van der Waals surface area contributed by atoms with Crippen LogP contribution in [0.15, 0.2) is 45.1 Å². The van der Waals surface area contributed by atoms with E-state index in [1.165, 1.54) is 24.0 Å². The van der Waals surface area contributed by atoms with Gasteiger partial charge in [0, 0.05) is 6.20 Å². The van der Waals surface area contributed by atoms with E-state index in [9.17, 15) is 4.79 Å². The normalized spacial score (nSPS) is 10.1. The molecule has 0 radical (unpaired) electrons. The zero-order chi connectivity index (χ0) is 10.7. The molecule has 0 aliphatic rings. The number of hydrogen-bond acceptors (Lipinski definition) is 4.